The summed E-state index contributed by atoms with van der Waals surface area (Å²) in [6.45, 7) is 1.45. The van der Waals surface area contributed by atoms with Crippen molar-refractivity contribution in [2.45, 2.75) is 17.6 Å². The molecule has 0 aliphatic heterocycles. The third kappa shape index (κ3) is 6.76. The molecular weight excluding hydrogens is 418 g/mol. The Morgan fingerprint density at radius 1 is 0.967 bits per heavy atom. The molecule has 3 rings (SSSR count). The van der Waals surface area contributed by atoms with Crippen LogP contribution in [0.1, 0.15) is 28.4 Å². The zero-order valence-corrected chi connectivity index (χ0v) is 17.8. The quantitative estimate of drug-likeness (QED) is 0.297. The van der Waals surface area contributed by atoms with Gasteiger partial charge < -0.3 is 5.32 Å². The summed E-state index contributed by atoms with van der Waals surface area (Å²) in [5, 5.41) is 7.40. The van der Waals surface area contributed by atoms with Gasteiger partial charge in [-0.3, -0.25) is 9.59 Å². The van der Waals surface area contributed by atoms with Crippen LogP contribution >= 0.6 is 23.4 Å². The summed E-state index contributed by atoms with van der Waals surface area (Å²) in [4.78, 5) is 24.4. The first-order chi connectivity index (χ1) is 14.5. The van der Waals surface area contributed by atoms with Crippen molar-refractivity contribution in [3.63, 3.8) is 0 Å². The average Bonchev–Trinajstić information content (AvgIpc) is 2.74. The largest absolute Gasteiger partial charge is 0.326 e. The number of nitrogens with zero attached hydrogens (tertiary/aromatic N) is 1. The lowest BCUT2D eigenvalue weighted by atomic mass is 10.1. The second-order valence-corrected chi connectivity index (χ2v) is 7.93. The van der Waals surface area contributed by atoms with Crippen LogP contribution in [0.4, 0.5) is 5.69 Å². The average molecular weight is 438 g/mol. The van der Waals surface area contributed by atoms with Crippen LogP contribution in [0.3, 0.4) is 0 Å². The molecule has 0 heterocycles. The number of hydrazone groups is 1. The fourth-order valence-electron chi connectivity index (χ4n) is 2.54. The number of hydrogen-bond donors (Lipinski definition) is 2. The predicted molar refractivity (Wildman–Crippen MR) is 123 cm³/mol. The van der Waals surface area contributed by atoms with Crippen LogP contribution in [0.15, 0.2) is 82.8 Å². The van der Waals surface area contributed by atoms with E-state index in [1.54, 1.807) is 54.4 Å². The van der Waals surface area contributed by atoms with E-state index in [4.69, 9.17) is 11.6 Å². The molecule has 0 saturated carbocycles. The lowest BCUT2D eigenvalue weighted by molar-refractivity contribution is -0.114. The molecule has 0 saturated heterocycles. The molecule has 0 radical (unpaired) electrons. The van der Waals surface area contributed by atoms with Gasteiger partial charge in [-0.2, -0.15) is 5.10 Å². The number of rotatable bonds is 7. The van der Waals surface area contributed by atoms with Crippen molar-refractivity contribution >= 4 is 47.1 Å². The molecule has 0 atom stereocenters. The van der Waals surface area contributed by atoms with Crippen LogP contribution in [0.25, 0.3) is 0 Å². The second-order valence-electron chi connectivity index (χ2n) is 6.44. The van der Waals surface area contributed by atoms with Gasteiger partial charge >= 0.3 is 0 Å². The zero-order chi connectivity index (χ0) is 21.3. The number of nitrogens with one attached hydrogen (secondary N) is 2. The van der Waals surface area contributed by atoms with Crippen molar-refractivity contribution < 1.29 is 9.59 Å². The summed E-state index contributed by atoms with van der Waals surface area (Å²) in [5.41, 5.74) is 5.69. The lowest BCUT2D eigenvalue weighted by Gasteiger charge is -2.04. The molecule has 2 amide bonds. The first-order valence-corrected chi connectivity index (χ1v) is 10.5. The Balaban J connectivity index is 1.49. The summed E-state index contributed by atoms with van der Waals surface area (Å²) in [6, 6.07) is 22.3. The van der Waals surface area contributed by atoms with Gasteiger partial charge in [-0.15, -0.1) is 11.8 Å². The number of thioether (sulfide) groups is 1. The van der Waals surface area contributed by atoms with E-state index in [0.717, 1.165) is 26.8 Å². The molecule has 0 aliphatic rings. The highest BCUT2D eigenvalue weighted by atomic mass is 35.5. The predicted octanol–water partition coefficient (Wildman–Crippen LogP) is 5.35. The Bertz CT molecular complexity index is 1030. The van der Waals surface area contributed by atoms with Crippen LogP contribution in [0.2, 0.25) is 5.02 Å². The first kappa shape index (κ1) is 21.6. The van der Waals surface area contributed by atoms with Crippen LogP contribution in [-0.4, -0.2) is 18.0 Å². The summed E-state index contributed by atoms with van der Waals surface area (Å²) in [6.07, 6.45) is 1.55. The van der Waals surface area contributed by atoms with Gasteiger partial charge in [0.2, 0.25) is 5.91 Å². The summed E-state index contributed by atoms with van der Waals surface area (Å²) in [5.74, 6) is 0.396. The Morgan fingerprint density at radius 2 is 1.63 bits per heavy atom. The van der Waals surface area contributed by atoms with Crippen LogP contribution in [0.5, 0.6) is 0 Å². The molecule has 2 N–H and O–H groups in total. The minimum Gasteiger partial charge on any atom is -0.326 e. The van der Waals surface area contributed by atoms with Crippen LogP contribution in [-0.2, 0) is 10.5 Å². The summed E-state index contributed by atoms with van der Waals surface area (Å²) in [7, 11) is 0. The van der Waals surface area contributed by atoms with E-state index in [1.165, 1.54) is 6.92 Å². The molecule has 5 nitrogen and oxygen atoms in total. The fourth-order valence-corrected chi connectivity index (χ4v) is 3.52. The molecule has 0 aliphatic carbocycles. The van der Waals surface area contributed by atoms with Crippen molar-refractivity contribution in [1.29, 1.82) is 0 Å². The Kier molecular flexibility index (Phi) is 7.65. The Morgan fingerprint density at radius 3 is 2.27 bits per heavy atom. The zero-order valence-electron chi connectivity index (χ0n) is 16.3. The number of amides is 2. The maximum Gasteiger partial charge on any atom is 0.271 e. The van der Waals surface area contributed by atoms with Crippen LogP contribution in [0, 0.1) is 0 Å². The molecule has 152 valence electrons. The number of carbonyl (C=O) groups excluding carboxylic acids is 2. The van der Waals surface area contributed by atoms with Gasteiger partial charge in [0.05, 0.1) is 6.21 Å². The third-order valence-electron chi connectivity index (χ3n) is 4.05. The van der Waals surface area contributed by atoms with Gasteiger partial charge in [-0.25, -0.2) is 5.43 Å². The number of carbonyl (C=O) groups is 2. The lowest BCUT2D eigenvalue weighted by Crippen LogP contribution is -2.17. The molecule has 30 heavy (non-hydrogen) atoms. The van der Waals surface area contributed by atoms with Gasteiger partial charge in [0, 0.05) is 33.8 Å². The van der Waals surface area contributed by atoms with E-state index >= 15 is 0 Å². The number of hydrogen-bond acceptors (Lipinski definition) is 4. The molecule has 7 heteroatoms. The molecule has 3 aromatic carbocycles. The standard InChI is InChI=1S/C23H20ClN3O2S/c1-16(28)26-21-10-4-17(5-11-21)14-25-27-23(29)19-6-2-18(3-7-19)15-30-22-12-8-20(24)9-13-22/h2-14H,15H2,1H3,(H,26,28)(H,27,29)/b25-14+. The molecule has 0 fully saturated rings. The van der Waals surface area contributed by atoms with Crippen LogP contribution < -0.4 is 10.7 Å². The van der Waals surface area contributed by atoms with Gasteiger partial charge in [-0.05, 0) is 59.7 Å². The number of benzene rings is 3. The molecule has 3 aromatic rings. The van der Waals surface area contributed by atoms with Crippen molar-refractivity contribution in [1.82, 2.24) is 5.43 Å². The second kappa shape index (κ2) is 10.6. The highest BCUT2D eigenvalue weighted by molar-refractivity contribution is 7.98. The van der Waals surface area contributed by atoms with E-state index in [0.29, 0.717) is 11.3 Å². The van der Waals surface area contributed by atoms with E-state index in [1.807, 2.05) is 36.4 Å². The number of anilines is 1. The monoisotopic (exact) mass is 437 g/mol. The molecule has 0 spiro atoms. The first-order valence-electron chi connectivity index (χ1n) is 9.18. The highest BCUT2D eigenvalue weighted by Crippen LogP contribution is 2.24. The van der Waals surface area contributed by atoms with Crippen molar-refractivity contribution in [2.75, 3.05) is 5.32 Å². The van der Waals surface area contributed by atoms with Gasteiger partial charge in [0.15, 0.2) is 0 Å². The van der Waals surface area contributed by atoms with Crippen molar-refractivity contribution in [3.05, 3.63) is 94.5 Å². The van der Waals surface area contributed by atoms with E-state index in [-0.39, 0.29) is 11.8 Å². The minimum absolute atomic E-state index is 0.127. The SMILES string of the molecule is CC(=O)Nc1ccc(/C=N/NC(=O)c2ccc(CSc3ccc(Cl)cc3)cc2)cc1. The maximum atomic E-state index is 12.2. The molecule has 0 bridgehead atoms. The van der Waals surface area contributed by atoms with E-state index in [9.17, 15) is 9.59 Å². The van der Waals surface area contributed by atoms with E-state index < -0.39 is 0 Å². The normalized spacial score (nSPS) is 10.7. The van der Waals surface area contributed by atoms with Crippen molar-refractivity contribution in [2.24, 2.45) is 5.10 Å². The van der Waals surface area contributed by atoms with E-state index in [2.05, 4.69) is 15.8 Å². The van der Waals surface area contributed by atoms with Crippen molar-refractivity contribution in [3.8, 4) is 0 Å². The van der Waals surface area contributed by atoms with Gasteiger partial charge in [0.25, 0.3) is 5.91 Å². The highest BCUT2D eigenvalue weighted by Gasteiger charge is 2.04. The molecule has 0 unspecified atom stereocenters. The third-order valence-corrected chi connectivity index (χ3v) is 5.38. The maximum absolute atomic E-state index is 12.2. The Hall–Kier alpha value is -3.09. The van der Waals surface area contributed by atoms with Gasteiger partial charge in [-0.1, -0.05) is 35.9 Å². The smallest absolute Gasteiger partial charge is 0.271 e. The fraction of sp³-hybridized carbons (Fsp3) is 0.0870. The van der Waals surface area contributed by atoms with Gasteiger partial charge in [0.1, 0.15) is 0 Å². The number of halogens is 1. The molecular formula is C23H20ClN3O2S. The summed E-state index contributed by atoms with van der Waals surface area (Å²) < 4.78 is 0. The minimum atomic E-state index is -0.280. The summed E-state index contributed by atoms with van der Waals surface area (Å²) >= 11 is 7.60. The Labute approximate surface area is 184 Å². The topological polar surface area (TPSA) is 70.6 Å². The molecule has 0 aromatic heterocycles.